The van der Waals surface area contributed by atoms with E-state index in [9.17, 15) is 10.2 Å². The van der Waals surface area contributed by atoms with Crippen molar-refractivity contribution in [2.24, 2.45) is 4.99 Å². The average molecular weight is 431 g/mol. The van der Waals surface area contributed by atoms with Crippen molar-refractivity contribution in [3.05, 3.63) is 103 Å². The average Bonchev–Trinajstić information content (AvgIpc) is 2.76. The van der Waals surface area contributed by atoms with E-state index >= 15 is 0 Å². The molecular formula is C23H17CuN3O2. The Morgan fingerprint density at radius 1 is 0.690 bits per heavy atom. The van der Waals surface area contributed by atoms with Gasteiger partial charge in [-0.05, 0) is 35.9 Å². The summed E-state index contributed by atoms with van der Waals surface area (Å²) in [5.41, 5.74) is 2.90. The Hall–Kier alpha value is -3.47. The predicted octanol–water partition coefficient (Wildman–Crippen LogP) is 3.73. The zero-order chi connectivity index (χ0) is 19.6. The third-order valence-corrected chi connectivity index (χ3v) is 3.77. The van der Waals surface area contributed by atoms with Gasteiger partial charge in [0.15, 0.2) is 0 Å². The van der Waals surface area contributed by atoms with Gasteiger partial charge < -0.3 is 10.2 Å². The van der Waals surface area contributed by atoms with Crippen LogP contribution in [0.25, 0.3) is 11.3 Å². The SMILES string of the molecule is [Cu+2].[O-]c1ccccc1C=Nc1ccccc1[O-].c1ccc(-c2ccncc2)nc1. The van der Waals surface area contributed by atoms with E-state index in [1.165, 1.54) is 18.3 Å². The molecule has 0 fully saturated rings. The third-order valence-electron chi connectivity index (χ3n) is 3.77. The topological polar surface area (TPSA) is 84.3 Å². The van der Waals surface area contributed by atoms with Gasteiger partial charge >= 0.3 is 17.1 Å². The molecule has 0 spiro atoms. The quantitative estimate of drug-likeness (QED) is 0.366. The van der Waals surface area contributed by atoms with Gasteiger partial charge in [0.05, 0.1) is 11.4 Å². The molecule has 0 unspecified atom stereocenters. The molecule has 0 bridgehead atoms. The Bertz CT molecular complexity index is 957. The fourth-order valence-electron chi connectivity index (χ4n) is 2.35. The Labute approximate surface area is 179 Å². The van der Waals surface area contributed by atoms with Gasteiger partial charge in [0.1, 0.15) is 0 Å². The van der Waals surface area contributed by atoms with E-state index < -0.39 is 0 Å². The molecule has 0 N–H and O–H groups in total. The molecule has 1 radical (unpaired) electrons. The van der Waals surface area contributed by atoms with Crippen LogP contribution < -0.4 is 10.2 Å². The summed E-state index contributed by atoms with van der Waals surface area (Å²) in [7, 11) is 0. The molecule has 5 nitrogen and oxygen atoms in total. The van der Waals surface area contributed by atoms with Crippen LogP contribution >= 0.6 is 0 Å². The first-order valence-corrected chi connectivity index (χ1v) is 8.61. The van der Waals surface area contributed by atoms with Crippen LogP contribution in [0.3, 0.4) is 0 Å². The monoisotopic (exact) mass is 430 g/mol. The molecule has 0 aliphatic rings. The molecule has 0 aliphatic heterocycles. The van der Waals surface area contributed by atoms with Gasteiger partial charge in [-0.2, -0.15) is 0 Å². The number of aliphatic imine (C=N–C) groups is 1. The van der Waals surface area contributed by atoms with Crippen molar-refractivity contribution in [1.82, 2.24) is 9.97 Å². The number of benzene rings is 2. The summed E-state index contributed by atoms with van der Waals surface area (Å²) in [5, 5.41) is 22.7. The van der Waals surface area contributed by atoms with Crippen LogP contribution in [0.15, 0.2) is 102 Å². The van der Waals surface area contributed by atoms with Crippen LogP contribution in [-0.2, 0) is 17.1 Å². The summed E-state index contributed by atoms with van der Waals surface area (Å²) < 4.78 is 0. The van der Waals surface area contributed by atoms with Crippen LogP contribution in [0, 0.1) is 0 Å². The predicted molar refractivity (Wildman–Crippen MR) is 106 cm³/mol. The minimum absolute atomic E-state index is 0. The summed E-state index contributed by atoms with van der Waals surface area (Å²) in [5.74, 6) is -0.253. The van der Waals surface area contributed by atoms with Gasteiger partial charge in [0, 0.05) is 30.4 Å². The first-order valence-electron chi connectivity index (χ1n) is 8.61. The van der Waals surface area contributed by atoms with E-state index in [1.807, 2.05) is 30.3 Å². The fraction of sp³-hybridized carbons (Fsp3) is 0. The van der Waals surface area contributed by atoms with E-state index in [0.717, 1.165) is 11.3 Å². The van der Waals surface area contributed by atoms with E-state index in [-0.39, 0.29) is 28.6 Å². The first-order chi connectivity index (χ1) is 13.7. The summed E-state index contributed by atoms with van der Waals surface area (Å²) in [6.45, 7) is 0. The number of rotatable bonds is 3. The summed E-state index contributed by atoms with van der Waals surface area (Å²) >= 11 is 0. The summed E-state index contributed by atoms with van der Waals surface area (Å²) in [6.07, 6.45) is 6.74. The van der Waals surface area contributed by atoms with Crippen molar-refractivity contribution < 1.29 is 27.3 Å². The number of para-hydroxylation sites is 3. The molecule has 0 atom stereocenters. The molecule has 0 saturated heterocycles. The molecule has 2 aromatic heterocycles. The number of hydrogen-bond donors (Lipinski definition) is 0. The van der Waals surface area contributed by atoms with Crippen LogP contribution in [0.1, 0.15) is 5.56 Å². The molecule has 0 amide bonds. The van der Waals surface area contributed by atoms with Crippen molar-refractivity contribution in [3.63, 3.8) is 0 Å². The zero-order valence-electron chi connectivity index (χ0n) is 15.3. The molecule has 2 aromatic carbocycles. The molecule has 4 aromatic rings. The maximum atomic E-state index is 11.4. The van der Waals surface area contributed by atoms with E-state index in [1.54, 1.807) is 55.0 Å². The third kappa shape index (κ3) is 6.57. The molecule has 0 aliphatic carbocycles. The van der Waals surface area contributed by atoms with Crippen molar-refractivity contribution in [2.75, 3.05) is 0 Å². The van der Waals surface area contributed by atoms with E-state index in [2.05, 4.69) is 15.0 Å². The molecule has 147 valence electrons. The second-order valence-corrected chi connectivity index (χ2v) is 5.71. The second kappa shape index (κ2) is 11.4. The van der Waals surface area contributed by atoms with Crippen molar-refractivity contribution >= 4 is 11.9 Å². The number of aromatic nitrogens is 2. The zero-order valence-corrected chi connectivity index (χ0v) is 16.2. The van der Waals surface area contributed by atoms with E-state index in [0.29, 0.717) is 11.3 Å². The normalized spacial score (nSPS) is 9.93. The van der Waals surface area contributed by atoms with Gasteiger partial charge in [-0.3, -0.25) is 15.0 Å². The largest absolute Gasteiger partial charge is 2.00 e. The van der Waals surface area contributed by atoms with Crippen LogP contribution in [0.2, 0.25) is 0 Å². The summed E-state index contributed by atoms with van der Waals surface area (Å²) in [4.78, 5) is 12.2. The Balaban J connectivity index is 0.000000207. The minimum Gasteiger partial charge on any atom is -0.872 e. The molecule has 6 heteroatoms. The first kappa shape index (κ1) is 21.8. The van der Waals surface area contributed by atoms with Gasteiger partial charge in [-0.15, -0.1) is 5.75 Å². The smallest absolute Gasteiger partial charge is 0.872 e. The maximum Gasteiger partial charge on any atom is 2.00 e. The molecule has 2 heterocycles. The Morgan fingerprint density at radius 3 is 2.00 bits per heavy atom. The maximum absolute atomic E-state index is 11.4. The van der Waals surface area contributed by atoms with Crippen molar-refractivity contribution in [1.29, 1.82) is 0 Å². The van der Waals surface area contributed by atoms with Crippen molar-refractivity contribution in [2.45, 2.75) is 0 Å². The summed E-state index contributed by atoms with van der Waals surface area (Å²) in [6, 6.07) is 22.8. The van der Waals surface area contributed by atoms with Gasteiger partial charge in [-0.25, -0.2) is 0 Å². The Morgan fingerprint density at radius 2 is 1.34 bits per heavy atom. The van der Waals surface area contributed by atoms with Crippen LogP contribution in [-0.4, -0.2) is 16.2 Å². The van der Waals surface area contributed by atoms with E-state index in [4.69, 9.17) is 0 Å². The number of nitrogens with zero attached hydrogens (tertiary/aromatic N) is 3. The molecule has 4 rings (SSSR count). The molecular weight excluding hydrogens is 414 g/mol. The Kier molecular flexibility index (Phi) is 8.57. The second-order valence-electron chi connectivity index (χ2n) is 5.71. The number of hydrogen-bond acceptors (Lipinski definition) is 5. The number of pyridine rings is 2. The van der Waals surface area contributed by atoms with Crippen molar-refractivity contribution in [3.8, 4) is 22.8 Å². The van der Waals surface area contributed by atoms with Gasteiger partial charge in [0.25, 0.3) is 0 Å². The molecule has 0 saturated carbocycles. The molecule has 29 heavy (non-hydrogen) atoms. The van der Waals surface area contributed by atoms with Gasteiger partial charge in [-0.1, -0.05) is 54.3 Å². The van der Waals surface area contributed by atoms with Crippen LogP contribution in [0.5, 0.6) is 11.5 Å². The standard InChI is InChI=1S/C13H11NO2.C10H8N2.Cu/c15-12-7-3-1-5-10(12)9-14-11-6-2-4-8-13(11)16;1-2-6-12-10(3-1)9-4-7-11-8-5-9;/h1-9,15-16H;1-8H;/q;;+2/p-2. The minimum atomic E-state index is -0.151. The van der Waals surface area contributed by atoms with Crippen LogP contribution in [0.4, 0.5) is 5.69 Å². The fourth-order valence-corrected chi connectivity index (χ4v) is 2.35. The van der Waals surface area contributed by atoms with Gasteiger partial charge in [0.2, 0.25) is 0 Å².